The summed E-state index contributed by atoms with van der Waals surface area (Å²) < 4.78 is 5.59. The largest absolute Gasteiger partial charge is 0.365 e. The van der Waals surface area contributed by atoms with E-state index < -0.39 is 0 Å². The highest BCUT2D eigenvalue weighted by atomic mass is 32.2. The summed E-state index contributed by atoms with van der Waals surface area (Å²) in [4.78, 5) is 8.74. The third kappa shape index (κ3) is 2.43. The lowest BCUT2D eigenvalue weighted by Gasteiger charge is -2.01. The molecule has 0 aliphatic rings. The smallest absolute Gasteiger partial charge is 0.183 e. The van der Waals surface area contributed by atoms with Crippen LogP contribution in [0.15, 0.2) is 34.0 Å². The third-order valence-electron chi connectivity index (χ3n) is 2.24. The predicted octanol–water partition coefficient (Wildman–Crippen LogP) is 3.91. The van der Waals surface area contributed by atoms with E-state index in [9.17, 15) is 0 Å². The zero-order chi connectivity index (χ0) is 12.4. The van der Waals surface area contributed by atoms with E-state index in [0.717, 1.165) is 21.2 Å². The number of rotatable bonds is 4. The van der Waals surface area contributed by atoms with Gasteiger partial charge in [0.15, 0.2) is 5.13 Å². The predicted molar refractivity (Wildman–Crippen MR) is 80.8 cm³/mol. The van der Waals surface area contributed by atoms with Crippen molar-refractivity contribution in [3.05, 3.63) is 29.8 Å². The van der Waals surface area contributed by atoms with Crippen LogP contribution in [-0.4, -0.2) is 17.0 Å². The molecule has 4 nitrogen and oxygen atoms in total. The van der Waals surface area contributed by atoms with Crippen molar-refractivity contribution in [2.24, 2.45) is 0 Å². The minimum Gasteiger partial charge on any atom is -0.365 e. The molecule has 0 spiro atoms. The van der Waals surface area contributed by atoms with E-state index in [1.807, 2.05) is 19.2 Å². The molecule has 0 amide bonds. The second kappa shape index (κ2) is 5.13. The number of anilines is 2. The molecule has 0 aromatic carbocycles. The van der Waals surface area contributed by atoms with E-state index in [4.69, 9.17) is 0 Å². The lowest BCUT2D eigenvalue weighted by atomic mass is 10.4. The van der Waals surface area contributed by atoms with Crippen LogP contribution in [-0.2, 0) is 0 Å². The van der Waals surface area contributed by atoms with Crippen LogP contribution >= 0.6 is 34.6 Å². The molecule has 0 saturated carbocycles. The summed E-state index contributed by atoms with van der Waals surface area (Å²) in [6.07, 6.45) is 1.80. The molecule has 0 unspecified atom stereocenters. The normalized spacial score (nSPS) is 10.7. The van der Waals surface area contributed by atoms with E-state index in [1.54, 1.807) is 40.8 Å². The van der Waals surface area contributed by atoms with Gasteiger partial charge in [0.1, 0.15) is 11.3 Å². The highest BCUT2D eigenvalue weighted by Crippen LogP contribution is 2.29. The molecule has 3 heterocycles. The Balaban J connectivity index is 1.80. The van der Waals surface area contributed by atoms with Crippen molar-refractivity contribution in [2.75, 3.05) is 17.1 Å². The van der Waals surface area contributed by atoms with Crippen molar-refractivity contribution in [3.8, 4) is 0 Å². The number of hydrogen-bond donors (Lipinski definition) is 2. The molecule has 2 N–H and O–H groups in total. The number of fused-ring (bicyclic) bond motifs is 1. The van der Waals surface area contributed by atoms with E-state index in [-0.39, 0.29) is 0 Å². The van der Waals surface area contributed by atoms with Gasteiger partial charge in [0, 0.05) is 13.1 Å². The van der Waals surface area contributed by atoms with Crippen molar-refractivity contribution in [3.63, 3.8) is 0 Å². The fourth-order valence-corrected chi connectivity index (χ4v) is 3.64. The molecule has 7 heteroatoms. The molecule has 0 radical (unpaired) electrons. The number of pyridine rings is 1. The summed E-state index contributed by atoms with van der Waals surface area (Å²) >= 11 is 4.91. The zero-order valence-electron chi connectivity index (χ0n) is 9.51. The SMILES string of the molecule is CNc1nc2cnc(NSc3cccs3)cc2s1. The van der Waals surface area contributed by atoms with E-state index in [1.165, 1.54) is 4.21 Å². The first-order valence-electron chi connectivity index (χ1n) is 5.26. The van der Waals surface area contributed by atoms with Crippen LogP contribution < -0.4 is 10.0 Å². The Hall–Kier alpha value is -1.31. The summed E-state index contributed by atoms with van der Waals surface area (Å²) in [5.74, 6) is 0.854. The topological polar surface area (TPSA) is 49.8 Å². The van der Waals surface area contributed by atoms with Crippen molar-refractivity contribution in [2.45, 2.75) is 4.21 Å². The molecule has 3 rings (SSSR count). The van der Waals surface area contributed by atoms with Gasteiger partial charge in [-0.3, -0.25) is 0 Å². The van der Waals surface area contributed by atoms with Gasteiger partial charge >= 0.3 is 0 Å². The standard InChI is InChI=1S/C11H10N4S3/c1-12-11-14-7-6-13-9(5-8(7)17-11)15-18-10-3-2-4-16-10/h2-6H,1H3,(H,12,14)(H,13,15). The molecule has 0 fully saturated rings. The van der Waals surface area contributed by atoms with Crippen molar-refractivity contribution >= 4 is 55.8 Å². The Morgan fingerprint density at radius 3 is 3.11 bits per heavy atom. The Morgan fingerprint density at radius 1 is 1.39 bits per heavy atom. The molecular formula is C11H10N4S3. The molecule has 0 atom stereocenters. The molecule has 3 aromatic heterocycles. The maximum absolute atomic E-state index is 4.39. The summed E-state index contributed by atoms with van der Waals surface area (Å²) in [7, 11) is 1.87. The number of hydrogen-bond acceptors (Lipinski definition) is 7. The highest BCUT2D eigenvalue weighted by Gasteiger charge is 2.04. The van der Waals surface area contributed by atoms with Gasteiger partial charge in [0.05, 0.1) is 15.1 Å². The molecule has 0 bridgehead atoms. The minimum atomic E-state index is 0.854. The first-order valence-corrected chi connectivity index (χ1v) is 7.77. The summed E-state index contributed by atoms with van der Waals surface area (Å²) in [6.45, 7) is 0. The van der Waals surface area contributed by atoms with Crippen LogP contribution in [0.25, 0.3) is 10.2 Å². The number of aromatic nitrogens is 2. The van der Waals surface area contributed by atoms with Gasteiger partial charge in [-0.2, -0.15) is 0 Å². The minimum absolute atomic E-state index is 0.854. The summed E-state index contributed by atoms with van der Waals surface area (Å²) in [6, 6.07) is 6.13. The lowest BCUT2D eigenvalue weighted by molar-refractivity contribution is 1.33. The highest BCUT2D eigenvalue weighted by molar-refractivity contribution is 8.02. The fraction of sp³-hybridized carbons (Fsp3) is 0.0909. The first kappa shape index (κ1) is 11.8. The van der Waals surface area contributed by atoms with Gasteiger partial charge in [-0.25, -0.2) is 9.97 Å². The molecule has 0 aliphatic heterocycles. The number of thiazole rings is 1. The van der Waals surface area contributed by atoms with Crippen molar-refractivity contribution in [1.29, 1.82) is 0 Å². The van der Waals surface area contributed by atoms with Crippen LogP contribution in [0.4, 0.5) is 10.9 Å². The quantitative estimate of drug-likeness (QED) is 0.714. The van der Waals surface area contributed by atoms with Crippen LogP contribution in [0.5, 0.6) is 0 Å². The Labute approximate surface area is 117 Å². The van der Waals surface area contributed by atoms with Crippen LogP contribution in [0.1, 0.15) is 0 Å². The number of thiophene rings is 1. The number of nitrogens with one attached hydrogen (secondary N) is 2. The number of nitrogens with zero attached hydrogens (tertiary/aromatic N) is 2. The Morgan fingerprint density at radius 2 is 2.33 bits per heavy atom. The summed E-state index contributed by atoms with van der Waals surface area (Å²) in [5, 5.41) is 6.02. The average Bonchev–Trinajstić information content (AvgIpc) is 3.04. The lowest BCUT2D eigenvalue weighted by Crippen LogP contribution is -1.88. The van der Waals surface area contributed by atoms with Gasteiger partial charge in [-0.1, -0.05) is 17.4 Å². The molecule has 3 aromatic rings. The van der Waals surface area contributed by atoms with Gasteiger partial charge in [0.2, 0.25) is 0 Å². The van der Waals surface area contributed by atoms with Crippen LogP contribution in [0.2, 0.25) is 0 Å². The summed E-state index contributed by atoms with van der Waals surface area (Å²) in [5.41, 5.74) is 0.927. The van der Waals surface area contributed by atoms with E-state index >= 15 is 0 Å². The molecule has 92 valence electrons. The second-order valence-corrected chi connectivity index (χ2v) is 6.53. The first-order chi connectivity index (χ1) is 8.85. The molecule has 0 aliphatic carbocycles. The zero-order valence-corrected chi connectivity index (χ0v) is 12.0. The Kier molecular flexibility index (Phi) is 3.35. The van der Waals surface area contributed by atoms with Crippen molar-refractivity contribution < 1.29 is 0 Å². The average molecular weight is 294 g/mol. The van der Waals surface area contributed by atoms with Crippen LogP contribution in [0, 0.1) is 0 Å². The third-order valence-corrected chi connectivity index (χ3v) is 5.12. The van der Waals surface area contributed by atoms with Gasteiger partial charge in [-0.05, 0) is 23.4 Å². The van der Waals surface area contributed by atoms with Gasteiger partial charge < -0.3 is 10.0 Å². The maximum Gasteiger partial charge on any atom is 0.183 e. The molecule has 0 saturated heterocycles. The molecule has 18 heavy (non-hydrogen) atoms. The maximum atomic E-state index is 4.39. The van der Waals surface area contributed by atoms with Crippen LogP contribution in [0.3, 0.4) is 0 Å². The van der Waals surface area contributed by atoms with Gasteiger partial charge in [0.25, 0.3) is 0 Å². The van der Waals surface area contributed by atoms with Gasteiger partial charge in [-0.15, -0.1) is 11.3 Å². The monoisotopic (exact) mass is 294 g/mol. The Bertz CT molecular complexity index is 647. The van der Waals surface area contributed by atoms with E-state index in [2.05, 4.69) is 31.5 Å². The van der Waals surface area contributed by atoms with Crippen molar-refractivity contribution in [1.82, 2.24) is 9.97 Å². The fourth-order valence-electron chi connectivity index (χ4n) is 1.42. The van der Waals surface area contributed by atoms with E-state index in [0.29, 0.717) is 0 Å². The second-order valence-electron chi connectivity index (χ2n) is 3.44. The molecular weight excluding hydrogens is 284 g/mol.